The number of amides is 1. The van der Waals surface area contributed by atoms with Gasteiger partial charge >= 0.3 is 0 Å². The third-order valence-electron chi connectivity index (χ3n) is 3.66. The molecule has 3 heteroatoms. The number of benzene rings is 1. The summed E-state index contributed by atoms with van der Waals surface area (Å²) in [5.74, 6) is 1.02. The van der Waals surface area contributed by atoms with Crippen LogP contribution in [0.25, 0.3) is 0 Å². The van der Waals surface area contributed by atoms with Gasteiger partial charge in [-0.1, -0.05) is 18.2 Å². The third kappa shape index (κ3) is 2.84. The van der Waals surface area contributed by atoms with E-state index < -0.39 is 0 Å². The number of carbonyl (C=O) groups excluding carboxylic acids is 1. The Morgan fingerprint density at radius 3 is 2.89 bits per heavy atom. The number of hydrogen-bond donors (Lipinski definition) is 0. The minimum Gasteiger partial charge on any atom is -0.496 e. The van der Waals surface area contributed by atoms with E-state index in [1.807, 2.05) is 29.2 Å². The van der Waals surface area contributed by atoms with E-state index in [9.17, 15) is 4.79 Å². The summed E-state index contributed by atoms with van der Waals surface area (Å²) in [6, 6.07) is 8.12. The summed E-state index contributed by atoms with van der Waals surface area (Å²) in [5.41, 5.74) is 0.975. The molecule has 1 aromatic rings. The molecule has 0 N–H and O–H groups in total. The van der Waals surface area contributed by atoms with Gasteiger partial charge in [0, 0.05) is 18.2 Å². The summed E-state index contributed by atoms with van der Waals surface area (Å²) in [4.78, 5) is 14.3. The van der Waals surface area contributed by atoms with Gasteiger partial charge < -0.3 is 9.64 Å². The van der Waals surface area contributed by atoms with Gasteiger partial charge in [-0.25, -0.2) is 0 Å². The average Bonchev–Trinajstić information content (AvgIpc) is 2.39. The van der Waals surface area contributed by atoms with Crippen LogP contribution in [0, 0.1) is 0 Å². The van der Waals surface area contributed by atoms with Crippen molar-refractivity contribution >= 4 is 5.91 Å². The molecule has 1 heterocycles. The molecule has 0 radical (unpaired) electrons. The smallest absolute Gasteiger partial charge is 0.227 e. The number of likely N-dealkylation sites (tertiary alicyclic amines) is 1. The summed E-state index contributed by atoms with van der Waals surface area (Å²) >= 11 is 0. The highest BCUT2D eigenvalue weighted by atomic mass is 16.5. The van der Waals surface area contributed by atoms with Crippen LogP contribution in [0.5, 0.6) is 5.75 Å². The van der Waals surface area contributed by atoms with Gasteiger partial charge in [0.25, 0.3) is 0 Å². The van der Waals surface area contributed by atoms with Gasteiger partial charge in [0.2, 0.25) is 5.91 Å². The van der Waals surface area contributed by atoms with Crippen molar-refractivity contribution in [2.75, 3.05) is 13.7 Å². The fraction of sp³-hybridized carbons (Fsp3) is 0.533. The first kappa shape index (κ1) is 12.9. The van der Waals surface area contributed by atoms with Crippen LogP contribution in [0.15, 0.2) is 24.3 Å². The van der Waals surface area contributed by atoms with Crippen LogP contribution < -0.4 is 4.74 Å². The molecule has 1 atom stereocenters. The molecule has 0 spiro atoms. The molecule has 1 fully saturated rings. The molecule has 2 rings (SSSR count). The largest absolute Gasteiger partial charge is 0.496 e. The first-order valence-electron chi connectivity index (χ1n) is 6.63. The van der Waals surface area contributed by atoms with Gasteiger partial charge in [-0.05, 0) is 32.3 Å². The number of carbonyl (C=O) groups is 1. The first-order valence-corrected chi connectivity index (χ1v) is 6.63. The number of para-hydroxylation sites is 1. The molecule has 1 aromatic carbocycles. The maximum Gasteiger partial charge on any atom is 0.227 e. The van der Waals surface area contributed by atoms with Crippen molar-refractivity contribution in [2.45, 2.75) is 38.6 Å². The Morgan fingerprint density at radius 2 is 2.17 bits per heavy atom. The number of methoxy groups -OCH3 is 1. The second-order valence-electron chi connectivity index (χ2n) is 4.92. The highest BCUT2D eigenvalue weighted by Crippen LogP contribution is 2.21. The normalized spacial score (nSPS) is 19.7. The number of ether oxygens (including phenoxy) is 1. The highest BCUT2D eigenvalue weighted by molar-refractivity contribution is 5.79. The van der Waals surface area contributed by atoms with E-state index in [2.05, 4.69) is 6.92 Å². The summed E-state index contributed by atoms with van der Waals surface area (Å²) < 4.78 is 5.29. The monoisotopic (exact) mass is 247 g/mol. The number of piperidine rings is 1. The lowest BCUT2D eigenvalue weighted by atomic mass is 10.0. The lowest BCUT2D eigenvalue weighted by molar-refractivity contribution is -0.133. The fourth-order valence-corrected chi connectivity index (χ4v) is 2.58. The van der Waals surface area contributed by atoms with E-state index in [-0.39, 0.29) is 5.91 Å². The summed E-state index contributed by atoms with van der Waals surface area (Å²) in [6.07, 6.45) is 3.92. The molecule has 1 amide bonds. The van der Waals surface area contributed by atoms with Gasteiger partial charge in [0.15, 0.2) is 0 Å². The zero-order chi connectivity index (χ0) is 13.0. The number of nitrogens with zero attached hydrogens (tertiary/aromatic N) is 1. The van der Waals surface area contributed by atoms with Crippen LogP contribution in [0.4, 0.5) is 0 Å². The number of rotatable bonds is 3. The Morgan fingerprint density at radius 1 is 1.39 bits per heavy atom. The van der Waals surface area contributed by atoms with Crippen molar-refractivity contribution < 1.29 is 9.53 Å². The van der Waals surface area contributed by atoms with E-state index >= 15 is 0 Å². The molecule has 3 nitrogen and oxygen atoms in total. The standard InChI is InChI=1S/C15H21NO2/c1-12-7-5-6-10-16(12)15(17)11-13-8-3-4-9-14(13)18-2/h3-4,8-9,12H,5-7,10-11H2,1-2H3. The van der Waals surface area contributed by atoms with Crippen molar-refractivity contribution in [3.63, 3.8) is 0 Å². The zero-order valence-corrected chi connectivity index (χ0v) is 11.2. The predicted octanol–water partition coefficient (Wildman–Crippen LogP) is 2.64. The molecule has 1 unspecified atom stereocenters. The summed E-state index contributed by atoms with van der Waals surface area (Å²) in [6.45, 7) is 3.04. The molecule has 1 aliphatic heterocycles. The SMILES string of the molecule is COc1ccccc1CC(=O)N1CCCCC1C. The lowest BCUT2D eigenvalue weighted by Crippen LogP contribution is -2.42. The molecule has 0 aliphatic carbocycles. The van der Waals surface area contributed by atoms with Crippen LogP contribution in [0.3, 0.4) is 0 Å². The summed E-state index contributed by atoms with van der Waals surface area (Å²) in [5, 5.41) is 0. The molecular weight excluding hydrogens is 226 g/mol. The van der Waals surface area contributed by atoms with E-state index in [0.717, 1.165) is 30.7 Å². The topological polar surface area (TPSA) is 29.5 Å². The Hall–Kier alpha value is -1.51. The fourth-order valence-electron chi connectivity index (χ4n) is 2.58. The van der Waals surface area contributed by atoms with Crippen molar-refractivity contribution in [2.24, 2.45) is 0 Å². The van der Waals surface area contributed by atoms with Gasteiger partial charge in [0.05, 0.1) is 13.5 Å². The summed E-state index contributed by atoms with van der Waals surface area (Å²) in [7, 11) is 1.65. The van der Waals surface area contributed by atoms with E-state index in [1.54, 1.807) is 7.11 Å². The molecule has 0 saturated carbocycles. The Kier molecular flexibility index (Phi) is 4.24. The molecule has 1 saturated heterocycles. The van der Waals surface area contributed by atoms with Crippen LogP contribution in [0.1, 0.15) is 31.7 Å². The van der Waals surface area contributed by atoms with E-state index in [0.29, 0.717) is 12.5 Å². The minimum atomic E-state index is 0.215. The molecule has 0 bridgehead atoms. The average molecular weight is 247 g/mol. The first-order chi connectivity index (χ1) is 8.72. The van der Waals surface area contributed by atoms with Crippen molar-refractivity contribution in [3.05, 3.63) is 29.8 Å². The van der Waals surface area contributed by atoms with Gasteiger partial charge in [-0.3, -0.25) is 4.79 Å². The second kappa shape index (κ2) is 5.89. The molecular formula is C15H21NO2. The second-order valence-corrected chi connectivity index (χ2v) is 4.92. The highest BCUT2D eigenvalue weighted by Gasteiger charge is 2.23. The van der Waals surface area contributed by atoms with E-state index in [4.69, 9.17) is 4.74 Å². The number of hydrogen-bond acceptors (Lipinski definition) is 2. The van der Waals surface area contributed by atoms with Crippen LogP contribution >= 0.6 is 0 Å². The lowest BCUT2D eigenvalue weighted by Gasteiger charge is -2.33. The molecule has 98 valence electrons. The molecule has 1 aliphatic rings. The van der Waals surface area contributed by atoms with Crippen molar-refractivity contribution in [1.82, 2.24) is 4.90 Å². The van der Waals surface area contributed by atoms with Crippen molar-refractivity contribution in [3.8, 4) is 5.75 Å². The molecule has 18 heavy (non-hydrogen) atoms. The van der Waals surface area contributed by atoms with E-state index in [1.165, 1.54) is 6.42 Å². The maximum absolute atomic E-state index is 12.3. The van der Waals surface area contributed by atoms with Crippen LogP contribution in [0.2, 0.25) is 0 Å². The van der Waals surface area contributed by atoms with Crippen LogP contribution in [-0.4, -0.2) is 30.5 Å². The molecule has 0 aromatic heterocycles. The minimum absolute atomic E-state index is 0.215. The quantitative estimate of drug-likeness (QED) is 0.821. The Labute approximate surface area is 109 Å². The van der Waals surface area contributed by atoms with Gasteiger partial charge in [0.1, 0.15) is 5.75 Å². The van der Waals surface area contributed by atoms with Gasteiger partial charge in [-0.2, -0.15) is 0 Å². The van der Waals surface area contributed by atoms with Crippen LogP contribution in [-0.2, 0) is 11.2 Å². The zero-order valence-electron chi connectivity index (χ0n) is 11.2. The van der Waals surface area contributed by atoms with Gasteiger partial charge in [-0.15, -0.1) is 0 Å². The maximum atomic E-state index is 12.3. The predicted molar refractivity (Wildman–Crippen MR) is 71.7 cm³/mol. The Balaban J connectivity index is 2.06. The third-order valence-corrected chi connectivity index (χ3v) is 3.66. The Bertz CT molecular complexity index is 417. The van der Waals surface area contributed by atoms with Crippen molar-refractivity contribution in [1.29, 1.82) is 0 Å².